The van der Waals surface area contributed by atoms with Crippen LogP contribution in [0.5, 0.6) is 0 Å². The van der Waals surface area contributed by atoms with Crippen LogP contribution in [0.1, 0.15) is 0 Å². The maximum atomic E-state index is 12.1. The molecule has 0 saturated carbocycles. The molecule has 21 heavy (non-hydrogen) atoms. The monoisotopic (exact) mass is 279 g/mol. The standard InChI is InChI=1S/C17H13NO3/c1-18(11-19)13-8-6-12(7-9-13)17-10-15(20)14-4-2-3-5-16(14)21-17/h2-11H,1H3. The number of amides is 1. The van der Waals surface area contributed by atoms with Gasteiger partial charge in [0.2, 0.25) is 6.41 Å². The van der Waals surface area contributed by atoms with E-state index in [1.165, 1.54) is 11.0 Å². The molecule has 0 saturated heterocycles. The summed E-state index contributed by atoms with van der Waals surface area (Å²) in [4.78, 5) is 24.3. The highest BCUT2D eigenvalue weighted by molar-refractivity contribution is 5.79. The predicted octanol–water partition coefficient (Wildman–Crippen LogP) is 3.05. The van der Waals surface area contributed by atoms with Crippen molar-refractivity contribution in [2.45, 2.75) is 0 Å². The van der Waals surface area contributed by atoms with Gasteiger partial charge in [-0.15, -0.1) is 0 Å². The zero-order chi connectivity index (χ0) is 14.8. The van der Waals surface area contributed by atoms with Crippen LogP contribution in [-0.2, 0) is 4.79 Å². The Morgan fingerprint density at radius 2 is 1.76 bits per heavy atom. The average molecular weight is 279 g/mol. The molecule has 0 spiro atoms. The number of carbonyl (C=O) groups excluding carboxylic acids is 1. The summed E-state index contributed by atoms with van der Waals surface area (Å²) >= 11 is 0. The number of anilines is 1. The van der Waals surface area contributed by atoms with Gasteiger partial charge in [-0.1, -0.05) is 12.1 Å². The van der Waals surface area contributed by atoms with E-state index in [2.05, 4.69) is 0 Å². The Bertz CT molecular complexity index is 850. The lowest BCUT2D eigenvalue weighted by Gasteiger charge is -2.11. The second-order valence-electron chi connectivity index (χ2n) is 4.73. The zero-order valence-corrected chi connectivity index (χ0v) is 11.4. The smallest absolute Gasteiger partial charge is 0.213 e. The van der Waals surface area contributed by atoms with Gasteiger partial charge in [0.05, 0.1) is 5.39 Å². The summed E-state index contributed by atoms with van der Waals surface area (Å²) in [5.74, 6) is 0.513. The first-order chi connectivity index (χ1) is 10.2. The lowest BCUT2D eigenvalue weighted by atomic mass is 10.1. The number of hydrogen-bond donors (Lipinski definition) is 0. The summed E-state index contributed by atoms with van der Waals surface area (Å²) in [7, 11) is 1.68. The van der Waals surface area contributed by atoms with Crippen molar-refractivity contribution in [2.75, 3.05) is 11.9 Å². The highest BCUT2D eigenvalue weighted by Gasteiger charge is 2.07. The Kier molecular flexibility index (Phi) is 3.28. The summed E-state index contributed by atoms with van der Waals surface area (Å²) in [6, 6.07) is 15.9. The van der Waals surface area contributed by atoms with Crippen LogP contribution in [0.15, 0.2) is 63.8 Å². The molecule has 0 unspecified atom stereocenters. The number of benzene rings is 2. The molecule has 1 amide bonds. The number of nitrogens with zero attached hydrogens (tertiary/aromatic N) is 1. The Morgan fingerprint density at radius 3 is 2.48 bits per heavy atom. The van der Waals surface area contributed by atoms with Gasteiger partial charge < -0.3 is 9.32 Å². The van der Waals surface area contributed by atoms with Crippen molar-refractivity contribution in [3.8, 4) is 11.3 Å². The van der Waals surface area contributed by atoms with Crippen molar-refractivity contribution in [1.82, 2.24) is 0 Å². The fourth-order valence-corrected chi connectivity index (χ4v) is 2.17. The second-order valence-corrected chi connectivity index (χ2v) is 4.73. The molecule has 0 fully saturated rings. The van der Waals surface area contributed by atoms with Crippen LogP contribution in [0.25, 0.3) is 22.3 Å². The van der Waals surface area contributed by atoms with Gasteiger partial charge in [-0.25, -0.2) is 0 Å². The Hall–Kier alpha value is -2.88. The van der Waals surface area contributed by atoms with Crippen molar-refractivity contribution in [3.05, 3.63) is 64.8 Å². The van der Waals surface area contributed by atoms with Gasteiger partial charge in [0, 0.05) is 24.4 Å². The first-order valence-electron chi connectivity index (χ1n) is 6.50. The predicted molar refractivity (Wildman–Crippen MR) is 82.4 cm³/mol. The summed E-state index contributed by atoms with van der Waals surface area (Å²) in [6.45, 7) is 0. The van der Waals surface area contributed by atoms with Crippen LogP contribution in [-0.4, -0.2) is 13.5 Å². The normalized spacial score (nSPS) is 10.5. The molecule has 104 valence electrons. The number of hydrogen-bond acceptors (Lipinski definition) is 3. The third kappa shape index (κ3) is 2.43. The first kappa shape index (κ1) is 13.1. The number of fused-ring (bicyclic) bond motifs is 1. The lowest BCUT2D eigenvalue weighted by molar-refractivity contribution is -0.107. The van der Waals surface area contributed by atoms with E-state index in [4.69, 9.17) is 4.42 Å². The summed E-state index contributed by atoms with van der Waals surface area (Å²) < 4.78 is 5.77. The highest BCUT2D eigenvalue weighted by Crippen LogP contribution is 2.24. The summed E-state index contributed by atoms with van der Waals surface area (Å²) in [5.41, 5.74) is 2.06. The van der Waals surface area contributed by atoms with Gasteiger partial charge in [-0.3, -0.25) is 9.59 Å². The van der Waals surface area contributed by atoms with Gasteiger partial charge in [0.15, 0.2) is 5.43 Å². The van der Waals surface area contributed by atoms with Crippen LogP contribution >= 0.6 is 0 Å². The Labute approximate surface area is 121 Å². The number of para-hydroxylation sites is 1. The fourth-order valence-electron chi connectivity index (χ4n) is 2.17. The van der Waals surface area contributed by atoms with Gasteiger partial charge in [-0.2, -0.15) is 0 Å². The van der Waals surface area contributed by atoms with Crippen LogP contribution in [0, 0.1) is 0 Å². The molecular weight excluding hydrogens is 266 g/mol. The second kappa shape index (κ2) is 5.25. The molecule has 0 N–H and O–H groups in total. The number of carbonyl (C=O) groups is 1. The molecule has 1 aromatic heterocycles. The van der Waals surface area contributed by atoms with E-state index in [0.29, 0.717) is 16.7 Å². The zero-order valence-electron chi connectivity index (χ0n) is 11.4. The molecule has 0 aliphatic heterocycles. The maximum Gasteiger partial charge on any atom is 0.213 e. The largest absolute Gasteiger partial charge is 0.456 e. The third-order valence-electron chi connectivity index (χ3n) is 3.35. The van der Waals surface area contributed by atoms with Crippen molar-refractivity contribution in [2.24, 2.45) is 0 Å². The highest BCUT2D eigenvalue weighted by atomic mass is 16.3. The lowest BCUT2D eigenvalue weighted by Crippen LogP contribution is -2.13. The van der Waals surface area contributed by atoms with Crippen molar-refractivity contribution in [3.63, 3.8) is 0 Å². The fraction of sp³-hybridized carbons (Fsp3) is 0.0588. The van der Waals surface area contributed by atoms with E-state index in [9.17, 15) is 9.59 Å². The molecule has 2 aromatic carbocycles. The minimum absolute atomic E-state index is 0.0686. The van der Waals surface area contributed by atoms with Crippen LogP contribution in [0.2, 0.25) is 0 Å². The molecule has 0 bridgehead atoms. The summed E-state index contributed by atoms with van der Waals surface area (Å²) in [6.07, 6.45) is 0.741. The topological polar surface area (TPSA) is 50.5 Å². The molecule has 0 aliphatic carbocycles. The maximum absolute atomic E-state index is 12.1. The first-order valence-corrected chi connectivity index (χ1v) is 6.50. The SMILES string of the molecule is CN(C=O)c1ccc(-c2cc(=O)c3ccccc3o2)cc1. The Morgan fingerprint density at radius 1 is 1.05 bits per heavy atom. The van der Waals surface area contributed by atoms with E-state index in [-0.39, 0.29) is 5.43 Å². The average Bonchev–Trinajstić information content (AvgIpc) is 2.54. The van der Waals surface area contributed by atoms with E-state index in [0.717, 1.165) is 17.7 Å². The quantitative estimate of drug-likeness (QED) is 0.692. The van der Waals surface area contributed by atoms with Gasteiger partial charge >= 0.3 is 0 Å². The minimum atomic E-state index is -0.0686. The van der Waals surface area contributed by atoms with E-state index < -0.39 is 0 Å². The van der Waals surface area contributed by atoms with Gasteiger partial charge in [-0.05, 0) is 36.4 Å². The molecule has 4 nitrogen and oxygen atoms in total. The molecule has 3 aromatic rings. The molecule has 0 aliphatic rings. The van der Waals surface area contributed by atoms with E-state index in [1.807, 2.05) is 24.3 Å². The molecular formula is C17H13NO3. The van der Waals surface area contributed by atoms with Crippen LogP contribution in [0.3, 0.4) is 0 Å². The molecule has 1 heterocycles. The van der Waals surface area contributed by atoms with Crippen LogP contribution < -0.4 is 10.3 Å². The third-order valence-corrected chi connectivity index (χ3v) is 3.35. The summed E-state index contributed by atoms with van der Waals surface area (Å²) in [5, 5.41) is 0.568. The molecule has 0 radical (unpaired) electrons. The van der Waals surface area contributed by atoms with Crippen molar-refractivity contribution in [1.29, 1.82) is 0 Å². The van der Waals surface area contributed by atoms with E-state index >= 15 is 0 Å². The molecule has 4 heteroatoms. The van der Waals surface area contributed by atoms with Crippen molar-refractivity contribution >= 4 is 23.1 Å². The van der Waals surface area contributed by atoms with Crippen LogP contribution in [0.4, 0.5) is 5.69 Å². The molecule has 3 rings (SSSR count). The van der Waals surface area contributed by atoms with E-state index in [1.54, 1.807) is 31.3 Å². The van der Waals surface area contributed by atoms with Gasteiger partial charge in [0.1, 0.15) is 11.3 Å². The van der Waals surface area contributed by atoms with Crippen molar-refractivity contribution < 1.29 is 9.21 Å². The molecule has 0 atom stereocenters. The minimum Gasteiger partial charge on any atom is -0.456 e. The Balaban J connectivity index is 2.08. The van der Waals surface area contributed by atoms with Gasteiger partial charge in [0.25, 0.3) is 0 Å². The number of rotatable bonds is 3.